The number of ketones is 1. The van der Waals surface area contributed by atoms with E-state index in [1.54, 1.807) is 0 Å². The lowest BCUT2D eigenvalue weighted by atomic mass is 9.33. The van der Waals surface area contributed by atoms with Gasteiger partial charge in [-0.25, -0.2) is 0 Å². The van der Waals surface area contributed by atoms with Crippen LogP contribution in [0, 0.1) is 44.8 Å². The van der Waals surface area contributed by atoms with E-state index in [0.29, 0.717) is 24.7 Å². The third kappa shape index (κ3) is 3.58. The van der Waals surface area contributed by atoms with Gasteiger partial charge in [0.2, 0.25) is 0 Å². The highest BCUT2D eigenvalue weighted by Gasteiger charge is 2.71. The Balaban J connectivity index is 1.67. The molecule has 0 amide bonds. The van der Waals surface area contributed by atoms with Crippen LogP contribution in [0.15, 0.2) is 0 Å². The van der Waals surface area contributed by atoms with Gasteiger partial charge in [0.05, 0.1) is 0 Å². The first-order chi connectivity index (χ1) is 16.6. The quantitative estimate of drug-likeness (QED) is 0.415. The zero-order valence-electron chi connectivity index (χ0n) is 23.1. The van der Waals surface area contributed by atoms with E-state index in [9.17, 15) is 24.3 Å². The van der Waals surface area contributed by atoms with E-state index in [0.717, 1.165) is 32.1 Å². The van der Waals surface area contributed by atoms with Crippen molar-refractivity contribution in [2.75, 3.05) is 6.61 Å². The summed E-state index contributed by atoms with van der Waals surface area (Å²) in [6.07, 6.45) is 6.09. The summed E-state index contributed by atoms with van der Waals surface area (Å²) >= 11 is 0. The van der Waals surface area contributed by atoms with Crippen LogP contribution in [0.1, 0.15) is 99.8 Å². The molecule has 0 aromatic carbocycles. The van der Waals surface area contributed by atoms with E-state index >= 15 is 0 Å². The highest BCUT2D eigenvalue weighted by molar-refractivity contribution is 6.05. The fourth-order valence-corrected chi connectivity index (χ4v) is 9.77. The minimum absolute atomic E-state index is 0.0588. The Morgan fingerprint density at radius 3 is 2.08 bits per heavy atom. The molecule has 7 nitrogen and oxygen atoms in total. The number of carbonyl (C=O) groups is 4. The second-order valence-electron chi connectivity index (χ2n) is 13.6. The van der Waals surface area contributed by atoms with Crippen LogP contribution in [0.4, 0.5) is 0 Å². The third-order valence-corrected chi connectivity index (χ3v) is 11.9. The normalized spacial score (nSPS) is 45.5. The number of carboxylic acid groups (broad SMARTS) is 1. The molecule has 0 bridgehead atoms. The van der Waals surface area contributed by atoms with Gasteiger partial charge in [-0.3, -0.25) is 19.2 Å². The Kier molecular flexibility index (Phi) is 6.45. The van der Waals surface area contributed by atoms with Crippen molar-refractivity contribution in [3.8, 4) is 0 Å². The maximum absolute atomic E-state index is 13.9. The highest BCUT2D eigenvalue weighted by atomic mass is 16.5. The molecular formula is C29H44O7. The first kappa shape index (κ1) is 27.1. The average Bonchev–Trinajstić information content (AvgIpc) is 2.76. The SMILES string of the molecule is CC(=O)OCC1(C(=O)O)CCC2(C)C(CCC3C4(C)CCC(OC(C)=O)C(C)(C)C4CCC32C)C1=O. The Morgan fingerprint density at radius 2 is 1.50 bits per heavy atom. The van der Waals surface area contributed by atoms with Crippen LogP contribution < -0.4 is 0 Å². The molecule has 8 atom stereocenters. The van der Waals surface area contributed by atoms with Crippen molar-refractivity contribution in [3.63, 3.8) is 0 Å². The molecule has 4 aliphatic carbocycles. The molecule has 8 unspecified atom stereocenters. The van der Waals surface area contributed by atoms with E-state index in [2.05, 4.69) is 34.6 Å². The predicted octanol–water partition coefficient (Wildman–Crippen LogP) is 5.19. The van der Waals surface area contributed by atoms with Crippen LogP contribution in [0.2, 0.25) is 0 Å². The van der Waals surface area contributed by atoms with Crippen molar-refractivity contribution in [1.29, 1.82) is 0 Å². The molecule has 0 saturated heterocycles. The molecule has 36 heavy (non-hydrogen) atoms. The van der Waals surface area contributed by atoms with Crippen LogP contribution >= 0.6 is 0 Å². The first-order valence-electron chi connectivity index (χ1n) is 13.6. The van der Waals surface area contributed by atoms with Crippen molar-refractivity contribution < 1.29 is 33.8 Å². The number of hydrogen-bond donors (Lipinski definition) is 1. The summed E-state index contributed by atoms with van der Waals surface area (Å²) < 4.78 is 10.9. The molecule has 7 heteroatoms. The zero-order valence-corrected chi connectivity index (χ0v) is 23.1. The number of carbonyl (C=O) groups excluding carboxylic acids is 3. The summed E-state index contributed by atoms with van der Waals surface area (Å²) in [6, 6.07) is 0. The molecule has 4 rings (SSSR count). The topological polar surface area (TPSA) is 107 Å². The molecule has 1 N–H and O–H groups in total. The van der Waals surface area contributed by atoms with Crippen LogP contribution in [-0.4, -0.2) is 41.5 Å². The van der Waals surface area contributed by atoms with Gasteiger partial charge in [-0.05, 0) is 79.4 Å². The molecule has 0 heterocycles. The third-order valence-electron chi connectivity index (χ3n) is 11.9. The number of fused-ring (bicyclic) bond motifs is 5. The average molecular weight is 505 g/mol. The smallest absolute Gasteiger partial charge is 0.320 e. The molecule has 0 aromatic heterocycles. The lowest BCUT2D eigenvalue weighted by Gasteiger charge is -2.71. The Bertz CT molecular complexity index is 971. The summed E-state index contributed by atoms with van der Waals surface area (Å²) in [5, 5.41) is 10.1. The number of carboxylic acids is 1. The van der Waals surface area contributed by atoms with E-state index in [4.69, 9.17) is 9.47 Å². The summed E-state index contributed by atoms with van der Waals surface area (Å²) in [4.78, 5) is 49.7. The molecule has 0 aliphatic heterocycles. The standard InChI is InChI=1S/C29H44O7/c1-17(30)35-16-29(24(33)34)15-14-27(6)19(23(29)32)8-9-21-26(5)12-11-22(36-18(2)31)25(3,4)20(26)10-13-28(21,27)7/h19-22H,8-16H2,1-7H3,(H,33,34). The van der Waals surface area contributed by atoms with Gasteiger partial charge in [-0.1, -0.05) is 34.6 Å². The lowest BCUT2D eigenvalue weighted by molar-refractivity contribution is -0.237. The molecule has 4 aliphatic rings. The summed E-state index contributed by atoms with van der Waals surface area (Å²) in [5.41, 5.74) is -2.14. The van der Waals surface area contributed by atoms with Gasteiger partial charge in [0.1, 0.15) is 12.7 Å². The van der Waals surface area contributed by atoms with Gasteiger partial charge < -0.3 is 14.6 Å². The fourth-order valence-electron chi connectivity index (χ4n) is 9.77. The van der Waals surface area contributed by atoms with E-state index < -0.39 is 17.4 Å². The summed E-state index contributed by atoms with van der Waals surface area (Å²) in [6.45, 7) is 13.8. The van der Waals surface area contributed by atoms with Crippen LogP contribution in [0.3, 0.4) is 0 Å². The monoisotopic (exact) mass is 504 g/mol. The highest BCUT2D eigenvalue weighted by Crippen LogP contribution is 2.74. The molecule has 4 fully saturated rings. The second kappa shape index (κ2) is 8.56. The van der Waals surface area contributed by atoms with Crippen LogP contribution in [0.25, 0.3) is 0 Å². The minimum Gasteiger partial charge on any atom is -0.480 e. The zero-order chi connectivity index (χ0) is 26.9. The number of ether oxygens (including phenoxy) is 2. The number of hydrogen-bond acceptors (Lipinski definition) is 6. The minimum atomic E-state index is -1.65. The molecule has 202 valence electrons. The van der Waals surface area contributed by atoms with Gasteiger partial charge in [0.15, 0.2) is 11.2 Å². The van der Waals surface area contributed by atoms with Crippen molar-refractivity contribution in [2.45, 2.75) is 106 Å². The Hall–Kier alpha value is -1.92. The molecule has 4 saturated carbocycles. The number of rotatable bonds is 4. The van der Waals surface area contributed by atoms with Gasteiger partial charge in [-0.15, -0.1) is 0 Å². The maximum Gasteiger partial charge on any atom is 0.320 e. The summed E-state index contributed by atoms with van der Waals surface area (Å²) in [5.74, 6) is -1.76. The van der Waals surface area contributed by atoms with Gasteiger partial charge >= 0.3 is 17.9 Å². The second-order valence-corrected chi connectivity index (χ2v) is 13.6. The van der Waals surface area contributed by atoms with Crippen molar-refractivity contribution in [2.24, 2.45) is 44.8 Å². The predicted molar refractivity (Wildman–Crippen MR) is 133 cm³/mol. The van der Waals surface area contributed by atoms with Crippen LogP contribution in [0.5, 0.6) is 0 Å². The number of esters is 2. The molecule has 0 aromatic rings. The fraction of sp³-hybridized carbons (Fsp3) is 0.862. The number of Topliss-reactive ketones (excluding diaryl/α,β-unsaturated/α-hetero) is 1. The van der Waals surface area contributed by atoms with E-state index in [-0.39, 0.29) is 58.5 Å². The van der Waals surface area contributed by atoms with Crippen molar-refractivity contribution in [1.82, 2.24) is 0 Å². The molecular weight excluding hydrogens is 460 g/mol. The Morgan fingerprint density at radius 1 is 0.833 bits per heavy atom. The molecule has 0 radical (unpaired) electrons. The van der Waals surface area contributed by atoms with E-state index in [1.807, 2.05) is 0 Å². The van der Waals surface area contributed by atoms with Gasteiger partial charge in [0, 0.05) is 25.2 Å². The lowest BCUT2D eigenvalue weighted by Crippen LogP contribution is -2.68. The largest absolute Gasteiger partial charge is 0.480 e. The van der Waals surface area contributed by atoms with E-state index in [1.165, 1.54) is 13.8 Å². The number of aliphatic carboxylic acids is 1. The summed E-state index contributed by atoms with van der Waals surface area (Å²) in [7, 11) is 0. The van der Waals surface area contributed by atoms with Crippen molar-refractivity contribution in [3.05, 3.63) is 0 Å². The maximum atomic E-state index is 13.9. The Labute approximate surface area is 215 Å². The van der Waals surface area contributed by atoms with Gasteiger partial charge in [-0.2, -0.15) is 0 Å². The molecule has 0 spiro atoms. The first-order valence-corrected chi connectivity index (χ1v) is 13.6. The van der Waals surface area contributed by atoms with Crippen molar-refractivity contribution >= 4 is 23.7 Å². The van der Waals surface area contributed by atoms with Gasteiger partial charge in [0.25, 0.3) is 0 Å². The van der Waals surface area contributed by atoms with Crippen LogP contribution in [-0.2, 0) is 28.7 Å².